The number of rotatable bonds is 4. The van der Waals surface area contributed by atoms with E-state index in [9.17, 15) is 0 Å². The van der Waals surface area contributed by atoms with Crippen molar-refractivity contribution in [3.63, 3.8) is 0 Å². The number of hydrogen-bond acceptors (Lipinski definition) is 4. The third-order valence-electron chi connectivity index (χ3n) is 2.19. The first-order valence-electron chi connectivity index (χ1n) is 5.24. The van der Waals surface area contributed by atoms with E-state index in [1.54, 1.807) is 12.4 Å². The van der Waals surface area contributed by atoms with Crippen LogP contribution >= 0.6 is 0 Å². The lowest BCUT2D eigenvalue weighted by atomic mass is 10.2. The molecule has 0 fully saturated rings. The molecule has 2 aromatic heterocycles. The number of pyridine rings is 1. The first kappa shape index (κ1) is 10.7. The van der Waals surface area contributed by atoms with Crippen molar-refractivity contribution in [3.8, 4) is 0 Å². The summed E-state index contributed by atoms with van der Waals surface area (Å²) in [4.78, 5) is 12.9. The van der Waals surface area contributed by atoms with Gasteiger partial charge in [0.15, 0.2) is 0 Å². The Morgan fingerprint density at radius 2 is 2.00 bits per heavy atom. The van der Waals surface area contributed by atoms with Crippen molar-refractivity contribution in [1.29, 1.82) is 0 Å². The van der Waals surface area contributed by atoms with Gasteiger partial charge in [0, 0.05) is 24.6 Å². The molecule has 0 bridgehead atoms. The van der Waals surface area contributed by atoms with Gasteiger partial charge in [-0.2, -0.15) is 0 Å². The van der Waals surface area contributed by atoms with Crippen LogP contribution in [0.3, 0.4) is 0 Å². The van der Waals surface area contributed by atoms with Gasteiger partial charge in [-0.1, -0.05) is 6.07 Å². The highest BCUT2D eigenvalue weighted by atomic mass is 14.9. The third kappa shape index (κ3) is 2.84. The molecule has 2 rings (SSSR count). The topological polar surface area (TPSA) is 50.7 Å². The average Bonchev–Trinajstić information content (AvgIpc) is 2.31. The standard InChI is InChI=1S/C12H14N4/c1-13-9-11-5-7-15-12(16-11)8-10-4-2-3-6-14-10/h2-7,13H,8-9H2,1H3. The summed E-state index contributed by atoms with van der Waals surface area (Å²) in [6.07, 6.45) is 4.25. The van der Waals surface area contributed by atoms with Crippen LogP contribution in [-0.2, 0) is 13.0 Å². The minimum Gasteiger partial charge on any atom is -0.314 e. The zero-order chi connectivity index (χ0) is 11.2. The maximum absolute atomic E-state index is 4.44. The van der Waals surface area contributed by atoms with Crippen LogP contribution in [0.2, 0.25) is 0 Å². The van der Waals surface area contributed by atoms with Crippen molar-refractivity contribution < 1.29 is 0 Å². The van der Waals surface area contributed by atoms with Crippen LogP contribution in [0.25, 0.3) is 0 Å². The molecular formula is C12H14N4. The van der Waals surface area contributed by atoms with Gasteiger partial charge in [-0.05, 0) is 25.2 Å². The molecular weight excluding hydrogens is 200 g/mol. The molecule has 16 heavy (non-hydrogen) atoms. The molecule has 0 saturated heterocycles. The summed E-state index contributed by atoms with van der Waals surface area (Å²) >= 11 is 0. The van der Waals surface area contributed by atoms with Gasteiger partial charge in [0.25, 0.3) is 0 Å². The highest BCUT2D eigenvalue weighted by Gasteiger charge is 2.01. The molecule has 2 heterocycles. The minimum atomic E-state index is 0.679. The molecule has 2 aromatic rings. The molecule has 0 saturated carbocycles. The fourth-order valence-corrected chi connectivity index (χ4v) is 1.47. The van der Waals surface area contributed by atoms with Crippen LogP contribution in [0.1, 0.15) is 17.2 Å². The Hall–Kier alpha value is -1.81. The fourth-order valence-electron chi connectivity index (χ4n) is 1.47. The van der Waals surface area contributed by atoms with Crippen molar-refractivity contribution in [3.05, 3.63) is 53.9 Å². The number of nitrogens with one attached hydrogen (secondary N) is 1. The van der Waals surface area contributed by atoms with Gasteiger partial charge in [-0.25, -0.2) is 9.97 Å². The predicted molar refractivity (Wildman–Crippen MR) is 61.8 cm³/mol. The normalized spacial score (nSPS) is 10.3. The summed E-state index contributed by atoms with van der Waals surface area (Å²) in [5.41, 5.74) is 1.99. The molecule has 0 unspecified atom stereocenters. The summed E-state index contributed by atoms with van der Waals surface area (Å²) in [6, 6.07) is 7.77. The minimum absolute atomic E-state index is 0.679. The summed E-state index contributed by atoms with van der Waals surface area (Å²) in [5, 5.41) is 3.07. The van der Waals surface area contributed by atoms with Crippen LogP contribution in [0.15, 0.2) is 36.7 Å². The van der Waals surface area contributed by atoms with Gasteiger partial charge in [-0.3, -0.25) is 4.98 Å². The van der Waals surface area contributed by atoms with E-state index in [0.29, 0.717) is 6.42 Å². The summed E-state index contributed by atoms with van der Waals surface area (Å²) < 4.78 is 0. The van der Waals surface area contributed by atoms with E-state index < -0.39 is 0 Å². The summed E-state index contributed by atoms with van der Waals surface area (Å²) in [5.74, 6) is 0.812. The lowest BCUT2D eigenvalue weighted by Gasteiger charge is -2.02. The predicted octanol–water partition coefficient (Wildman–Crippen LogP) is 1.18. The van der Waals surface area contributed by atoms with E-state index in [-0.39, 0.29) is 0 Å². The van der Waals surface area contributed by atoms with Gasteiger partial charge >= 0.3 is 0 Å². The van der Waals surface area contributed by atoms with Crippen molar-refractivity contribution in [2.24, 2.45) is 0 Å². The van der Waals surface area contributed by atoms with Crippen molar-refractivity contribution >= 4 is 0 Å². The molecule has 0 aromatic carbocycles. The van der Waals surface area contributed by atoms with E-state index in [0.717, 1.165) is 23.8 Å². The number of hydrogen-bond donors (Lipinski definition) is 1. The highest BCUT2D eigenvalue weighted by Crippen LogP contribution is 2.02. The van der Waals surface area contributed by atoms with Crippen LogP contribution in [0.5, 0.6) is 0 Å². The van der Waals surface area contributed by atoms with Crippen LogP contribution in [0, 0.1) is 0 Å². The first-order valence-corrected chi connectivity index (χ1v) is 5.24. The first-order chi connectivity index (χ1) is 7.88. The maximum atomic E-state index is 4.44. The van der Waals surface area contributed by atoms with E-state index in [2.05, 4.69) is 20.3 Å². The lowest BCUT2D eigenvalue weighted by Crippen LogP contribution is -2.09. The van der Waals surface area contributed by atoms with Crippen molar-refractivity contribution in [2.75, 3.05) is 7.05 Å². The molecule has 0 aliphatic heterocycles. The van der Waals surface area contributed by atoms with Crippen molar-refractivity contribution in [1.82, 2.24) is 20.3 Å². The summed E-state index contributed by atoms with van der Waals surface area (Å²) in [7, 11) is 1.90. The largest absolute Gasteiger partial charge is 0.314 e. The Morgan fingerprint density at radius 3 is 2.75 bits per heavy atom. The summed E-state index contributed by atoms with van der Waals surface area (Å²) in [6.45, 7) is 0.762. The molecule has 0 aliphatic rings. The molecule has 82 valence electrons. The molecule has 0 amide bonds. The van der Waals surface area contributed by atoms with Gasteiger partial charge in [0.05, 0.1) is 12.1 Å². The van der Waals surface area contributed by atoms with Gasteiger partial charge < -0.3 is 5.32 Å². The lowest BCUT2D eigenvalue weighted by molar-refractivity contribution is 0.770. The molecule has 0 radical (unpaired) electrons. The molecule has 4 nitrogen and oxygen atoms in total. The Balaban J connectivity index is 2.12. The van der Waals surface area contributed by atoms with Gasteiger partial charge in [0.2, 0.25) is 0 Å². The van der Waals surface area contributed by atoms with Crippen molar-refractivity contribution in [2.45, 2.75) is 13.0 Å². The Morgan fingerprint density at radius 1 is 1.06 bits per heavy atom. The molecule has 1 N–H and O–H groups in total. The number of aromatic nitrogens is 3. The third-order valence-corrected chi connectivity index (χ3v) is 2.19. The second kappa shape index (κ2) is 5.32. The zero-order valence-corrected chi connectivity index (χ0v) is 9.22. The zero-order valence-electron chi connectivity index (χ0n) is 9.22. The van der Waals surface area contributed by atoms with E-state index in [1.807, 2.05) is 31.3 Å². The highest BCUT2D eigenvalue weighted by molar-refractivity contribution is 5.11. The van der Waals surface area contributed by atoms with E-state index in [1.165, 1.54) is 0 Å². The average molecular weight is 214 g/mol. The number of nitrogens with zero attached hydrogens (tertiary/aromatic N) is 3. The second-order valence-electron chi connectivity index (χ2n) is 3.49. The van der Waals surface area contributed by atoms with Gasteiger partial charge in [0.1, 0.15) is 5.82 Å². The van der Waals surface area contributed by atoms with E-state index >= 15 is 0 Å². The van der Waals surface area contributed by atoms with E-state index in [4.69, 9.17) is 0 Å². The van der Waals surface area contributed by atoms with Crippen LogP contribution in [-0.4, -0.2) is 22.0 Å². The van der Waals surface area contributed by atoms with Gasteiger partial charge in [-0.15, -0.1) is 0 Å². The molecule has 4 heteroatoms. The molecule has 0 atom stereocenters. The second-order valence-corrected chi connectivity index (χ2v) is 3.49. The smallest absolute Gasteiger partial charge is 0.134 e. The fraction of sp³-hybridized carbons (Fsp3) is 0.250. The van der Waals surface area contributed by atoms with Crippen LogP contribution in [0.4, 0.5) is 0 Å². The molecule has 0 spiro atoms. The quantitative estimate of drug-likeness (QED) is 0.830. The maximum Gasteiger partial charge on any atom is 0.134 e. The molecule has 0 aliphatic carbocycles. The Kier molecular flexibility index (Phi) is 3.56. The van der Waals surface area contributed by atoms with Crippen LogP contribution < -0.4 is 5.32 Å². The Bertz CT molecular complexity index is 442. The Labute approximate surface area is 94.8 Å². The SMILES string of the molecule is CNCc1ccnc(Cc2ccccn2)n1. The monoisotopic (exact) mass is 214 g/mol.